The van der Waals surface area contributed by atoms with Crippen LogP contribution in [0.5, 0.6) is 0 Å². The summed E-state index contributed by atoms with van der Waals surface area (Å²) < 4.78 is 12.8. The van der Waals surface area contributed by atoms with Crippen molar-refractivity contribution in [3.8, 4) is 0 Å². The van der Waals surface area contributed by atoms with Crippen LogP contribution in [0.2, 0.25) is 0 Å². The molecule has 5 heteroatoms. The molecule has 0 aromatic carbocycles. The van der Waals surface area contributed by atoms with Gasteiger partial charge in [0.2, 0.25) is 5.91 Å². The van der Waals surface area contributed by atoms with Crippen LogP contribution in [0.1, 0.15) is 119 Å². The highest BCUT2D eigenvalue weighted by molar-refractivity contribution is 5.72. The Hall–Kier alpha value is -1.78. The molecule has 5 rings (SSSR count). The summed E-state index contributed by atoms with van der Waals surface area (Å²) in [6.45, 7) is 16.5. The Morgan fingerprint density at radius 2 is 1.95 bits per heavy atom. The standard InChI is InChI=1S/C34H53NO4/c1-8-9-30(37)38-25-14-16-32(5)24(18-25)11-12-26-27(32)15-17-33(6)28(26)19-34(7)31(33)22(3)29(39-34)13-10-21(2)20-35-23(4)36/h11,21,25-28,31H,8-10,12-20H2,1-7H3,(H,35,36)/t21-,25+,26+,27-,28-,31+,32-,33-,34-/m0/s1. The summed E-state index contributed by atoms with van der Waals surface area (Å²) in [5.74, 6) is 4.34. The van der Waals surface area contributed by atoms with E-state index >= 15 is 0 Å². The van der Waals surface area contributed by atoms with E-state index in [-0.39, 0.29) is 34.4 Å². The molecule has 1 heterocycles. The highest BCUT2D eigenvalue weighted by atomic mass is 16.5. The molecule has 0 aromatic heterocycles. The number of amides is 1. The minimum Gasteiger partial charge on any atom is -0.491 e. The minimum atomic E-state index is -0.0926. The van der Waals surface area contributed by atoms with Gasteiger partial charge in [-0.2, -0.15) is 0 Å². The van der Waals surface area contributed by atoms with Crippen molar-refractivity contribution in [1.29, 1.82) is 0 Å². The van der Waals surface area contributed by atoms with Gasteiger partial charge >= 0.3 is 5.97 Å². The third-order valence-electron chi connectivity index (χ3n) is 11.9. The first-order valence-corrected chi connectivity index (χ1v) is 15.9. The number of allylic oxidation sites excluding steroid dienone is 2. The Kier molecular flexibility index (Phi) is 7.78. The lowest BCUT2D eigenvalue weighted by Gasteiger charge is -2.58. The van der Waals surface area contributed by atoms with Gasteiger partial charge in [-0.15, -0.1) is 0 Å². The monoisotopic (exact) mass is 539 g/mol. The topological polar surface area (TPSA) is 64.6 Å². The van der Waals surface area contributed by atoms with Crippen LogP contribution >= 0.6 is 0 Å². The Morgan fingerprint density at radius 3 is 2.67 bits per heavy atom. The van der Waals surface area contributed by atoms with Gasteiger partial charge in [-0.1, -0.05) is 39.3 Å². The van der Waals surface area contributed by atoms with E-state index < -0.39 is 0 Å². The maximum Gasteiger partial charge on any atom is 0.306 e. The van der Waals surface area contributed by atoms with E-state index in [0.29, 0.717) is 24.2 Å². The summed E-state index contributed by atoms with van der Waals surface area (Å²) in [6, 6.07) is 0. The van der Waals surface area contributed by atoms with Crippen LogP contribution in [0.25, 0.3) is 0 Å². The summed E-state index contributed by atoms with van der Waals surface area (Å²) in [4.78, 5) is 23.5. The van der Waals surface area contributed by atoms with Crippen molar-refractivity contribution in [2.24, 2.45) is 40.4 Å². The average molecular weight is 540 g/mol. The molecule has 0 bridgehead atoms. The van der Waals surface area contributed by atoms with Crippen LogP contribution in [-0.2, 0) is 19.1 Å². The highest BCUT2D eigenvalue weighted by Crippen LogP contribution is 2.71. The fourth-order valence-corrected chi connectivity index (χ4v) is 10.1. The predicted octanol–water partition coefficient (Wildman–Crippen LogP) is 7.50. The molecule has 39 heavy (non-hydrogen) atoms. The molecule has 0 saturated heterocycles. The molecule has 5 aliphatic rings. The lowest BCUT2D eigenvalue weighted by Crippen LogP contribution is -2.50. The van der Waals surface area contributed by atoms with E-state index in [9.17, 15) is 9.59 Å². The van der Waals surface area contributed by atoms with Gasteiger partial charge in [0.15, 0.2) is 0 Å². The van der Waals surface area contributed by atoms with Gasteiger partial charge < -0.3 is 14.8 Å². The second kappa shape index (κ2) is 10.6. The molecule has 3 saturated carbocycles. The number of nitrogens with one attached hydrogen (secondary N) is 1. The lowest BCUT2D eigenvalue weighted by molar-refractivity contribution is -0.151. The van der Waals surface area contributed by atoms with Crippen LogP contribution in [0.15, 0.2) is 23.0 Å². The fourth-order valence-electron chi connectivity index (χ4n) is 10.1. The van der Waals surface area contributed by atoms with Crippen molar-refractivity contribution in [1.82, 2.24) is 5.32 Å². The number of ether oxygens (including phenoxy) is 2. The van der Waals surface area contributed by atoms with Gasteiger partial charge in [0.05, 0.1) is 5.76 Å². The molecule has 0 radical (unpaired) electrons. The van der Waals surface area contributed by atoms with Crippen LogP contribution in [-0.4, -0.2) is 30.1 Å². The van der Waals surface area contributed by atoms with Crippen molar-refractivity contribution in [3.63, 3.8) is 0 Å². The molecular weight excluding hydrogens is 486 g/mol. The molecule has 5 nitrogen and oxygen atoms in total. The fraction of sp³-hybridized carbons (Fsp3) is 0.824. The number of hydrogen-bond acceptors (Lipinski definition) is 4. The summed E-state index contributed by atoms with van der Waals surface area (Å²) in [5, 5.41) is 2.96. The van der Waals surface area contributed by atoms with Crippen molar-refractivity contribution in [2.75, 3.05) is 6.54 Å². The van der Waals surface area contributed by atoms with E-state index in [0.717, 1.165) is 63.3 Å². The molecule has 0 spiro atoms. The van der Waals surface area contributed by atoms with Crippen molar-refractivity contribution >= 4 is 11.9 Å². The number of rotatable bonds is 8. The lowest BCUT2D eigenvalue weighted by atomic mass is 9.47. The molecule has 0 unspecified atom stereocenters. The molecule has 0 aromatic rings. The van der Waals surface area contributed by atoms with E-state index in [2.05, 4.69) is 46.0 Å². The Morgan fingerprint density at radius 1 is 1.18 bits per heavy atom. The van der Waals surface area contributed by atoms with Gasteiger partial charge in [-0.25, -0.2) is 0 Å². The van der Waals surface area contributed by atoms with Gasteiger partial charge in [0.25, 0.3) is 0 Å². The van der Waals surface area contributed by atoms with Crippen molar-refractivity contribution in [3.05, 3.63) is 23.0 Å². The Labute approximate surface area is 236 Å². The molecule has 1 N–H and O–H groups in total. The number of hydrogen-bond donors (Lipinski definition) is 1. The zero-order valence-corrected chi connectivity index (χ0v) is 25.7. The second-order valence-electron chi connectivity index (χ2n) is 14.6. The first kappa shape index (κ1) is 28.7. The van der Waals surface area contributed by atoms with Gasteiger partial charge in [-0.05, 0) is 105 Å². The van der Waals surface area contributed by atoms with E-state index in [1.54, 1.807) is 12.5 Å². The van der Waals surface area contributed by atoms with Crippen LogP contribution in [0.3, 0.4) is 0 Å². The quantitative estimate of drug-likeness (QED) is 0.256. The minimum absolute atomic E-state index is 0.0236. The van der Waals surface area contributed by atoms with E-state index in [1.807, 2.05) is 6.92 Å². The number of carbonyl (C=O) groups excluding carboxylic acids is 2. The van der Waals surface area contributed by atoms with Crippen LogP contribution in [0.4, 0.5) is 0 Å². The molecule has 9 atom stereocenters. The normalized spacial score (nSPS) is 41.4. The maximum atomic E-state index is 12.2. The first-order chi connectivity index (χ1) is 18.4. The molecule has 4 aliphatic carbocycles. The number of esters is 1. The van der Waals surface area contributed by atoms with Crippen molar-refractivity contribution in [2.45, 2.75) is 131 Å². The molecular formula is C34H53NO4. The summed E-state index contributed by atoms with van der Waals surface area (Å²) in [7, 11) is 0. The second-order valence-corrected chi connectivity index (χ2v) is 14.6. The maximum absolute atomic E-state index is 12.2. The van der Waals surface area contributed by atoms with E-state index in [4.69, 9.17) is 9.47 Å². The van der Waals surface area contributed by atoms with Gasteiger partial charge in [0.1, 0.15) is 11.7 Å². The first-order valence-electron chi connectivity index (χ1n) is 15.9. The predicted molar refractivity (Wildman–Crippen MR) is 155 cm³/mol. The van der Waals surface area contributed by atoms with Gasteiger partial charge in [0, 0.05) is 38.6 Å². The summed E-state index contributed by atoms with van der Waals surface area (Å²) in [5.41, 5.74) is 3.51. The number of carbonyl (C=O) groups is 2. The molecule has 3 fully saturated rings. The number of fused-ring (bicyclic) bond motifs is 7. The third-order valence-corrected chi connectivity index (χ3v) is 11.9. The summed E-state index contributed by atoms with van der Waals surface area (Å²) >= 11 is 0. The molecule has 218 valence electrons. The Bertz CT molecular complexity index is 1050. The SMILES string of the molecule is CCCC(=O)O[C@@H]1CC[C@@]2(C)C(=CC[C@H]3[C@@H]4C[C@]5(C)OC(CC[C@H](C)CNC(C)=O)=C(C)[C@@H]5[C@@]4(C)CC[C@@H]32)C1. The van der Waals surface area contributed by atoms with E-state index in [1.165, 1.54) is 30.6 Å². The zero-order valence-electron chi connectivity index (χ0n) is 25.7. The average Bonchev–Trinajstić information content (AvgIpc) is 3.27. The van der Waals surface area contributed by atoms with Gasteiger partial charge in [-0.3, -0.25) is 9.59 Å². The highest BCUT2D eigenvalue weighted by Gasteiger charge is 2.67. The largest absolute Gasteiger partial charge is 0.491 e. The van der Waals surface area contributed by atoms with Crippen molar-refractivity contribution < 1.29 is 19.1 Å². The zero-order chi connectivity index (χ0) is 28.2. The van der Waals surface area contributed by atoms with Crippen LogP contribution in [0, 0.1) is 40.4 Å². The molecule has 1 aliphatic heterocycles. The third kappa shape index (κ3) is 4.99. The van der Waals surface area contributed by atoms with Crippen LogP contribution < -0.4 is 5.32 Å². The Balaban J connectivity index is 1.30. The summed E-state index contributed by atoms with van der Waals surface area (Å²) in [6.07, 6.45) is 14.0. The smallest absolute Gasteiger partial charge is 0.306 e. The molecule has 1 amide bonds.